The van der Waals surface area contributed by atoms with Crippen LogP contribution in [0.1, 0.15) is 4.88 Å². The highest BCUT2D eigenvalue weighted by Gasteiger charge is 2.07. The second-order valence-corrected chi connectivity index (χ2v) is 6.07. The van der Waals surface area contributed by atoms with E-state index < -0.39 is 6.10 Å². The Labute approximate surface area is 130 Å². The van der Waals surface area contributed by atoms with Gasteiger partial charge in [-0.25, -0.2) is 0 Å². The fourth-order valence-electron chi connectivity index (χ4n) is 1.99. The summed E-state index contributed by atoms with van der Waals surface area (Å²) in [5.41, 5.74) is 2.11. The number of ether oxygens (including phenoxy) is 1. The average Bonchev–Trinajstić information content (AvgIpc) is 2.98. The van der Waals surface area contributed by atoms with Gasteiger partial charge in [0.05, 0.1) is 30.7 Å². The van der Waals surface area contributed by atoms with Gasteiger partial charge in [0.25, 0.3) is 0 Å². The van der Waals surface area contributed by atoms with Crippen LogP contribution in [0.2, 0.25) is 0 Å². The van der Waals surface area contributed by atoms with E-state index in [9.17, 15) is 5.11 Å². The van der Waals surface area contributed by atoms with Crippen LogP contribution in [0.25, 0.3) is 0 Å². The Hall–Kier alpha value is -1.56. The highest BCUT2D eigenvalue weighted by atomic mass is 32.1. The second-order valence-electron chi connectivity index (χ2n) is 5.04. The van der Waals surface area contributed by atoms with Crippen LogP contribution in [-0.4, -0.2) is 38.5 Å². The van der Waals surface area contributed by atoms with E-state index in [1.165, 1.54) is 4.88 Å². The Kier molecular flexibility index (Phi) is 6.04. The first kappa shape index (κ1) is 15.8. The summed E-state index contributed by atoms with van der Waals surface area (Å²) in [6.07, 6.45) is -0.528. The number of aliphatic hydroxyl groups is 1. The molecule has 1 unspecified atom stereocenters. The monoisotopic (exact) mass is 306 g/mol. The number of aliphatic hydroxyl groups excluding tert-OH is 1. The van der Waals surface area contributed by atoms with Gasteiger partial charge in [-0.3, -0.25) is 0 Å². The molecule has 0 amide bonds. The number of rotatable bonds is 8. The summed E-state index contributed by atoms with van der Waals surface area (Å²) in [6.45, 7) is 1.35. The fourth-order valence-corrected chi connectivity index (χ4v) is 2.63. The van der Waals surface area contributed by atoms with Crippen molar-refractivity contribution in [1.82, 2.24) is 0 Å². The third kappa shape index (κ3) is 5.04. The Bertz CT molecular complexity index is 529. The first-order valence-electron chi connectivity index (χ1n) is 6.95. The van der Waals surface area contributed by atoms with E-state index in [0.717, 1.165) is 11.4 Å². The lowest BCUT2D eigenvalue weighted by Crippen LogP contribution is -2.25. The Balaban J connectivity index is 1.75. The van der Waals surface area contributed by atoms with Gasteiger partial charge < -0.3 is 20.1 Å². The summed E-state index contributed by atoms with van der Waals surface area (Å²) in [4.78, 5) is 3.22. The quantitative estimate of drug-likeness (QED) is 0.787. The SMILES string of the molecule is CN(C)c1ccccc1NCC(O)COCc1cccs1. The summed E-state index contributed by atoms with van der Waals surface area (Å²) >= 11 is 1.66. The van der Waals surface area contributed by atoms with E-state index >= 15 is 0 Å². The third-order valence-corrected chi connectivity index (χ3v) is 3.90. The van der Waals surface area contributed by atoms with Crippen LogP contribution in [-0.2, 0) is 11.3 Å². The highest BCUT2D eigenvalue weighted by Crippen LogP contribution is 2.23. The van der Waals surface area contributed by atoms with Crippen molar-refractivity contribution >= 4 is 22.7 Å². The number of hydrogen-bond donors (Lipinski definition) is 2. The van der Waals surface area contributed by atoms with Crippen molar-refractivity contribution < 1.29 is 9.84 Å². The zero-order valence-electron chi connectivity index (χ0n) is 12.5. The molecule has 0 saturated heterocycles. The summed E-state index contributed by atoms with van der Waals surface area (Å²) < 4.78 is 5.52. The molecule has 0 fully saturated rings. The van der Waals surface area contributed by atoms with Crippen molar-refractivity contribution in [3.8, 4) is 0 Å². The predicted octanol–water partition coefficient (Wildman–Crippen LogP) is 2.80. The molecule has 0 radical (unpaired) electrons. The van der Waals surface area contributed by atoms with Crippen LogP contribution >= 0.6 is 11.3 Å². The van der Waals surface area contributed by atoms with Gasteiger partial charge in [-0.1, -0.05) is 18.2 Å². The molecule has 2 aromatic rings. The zero-order chi connectivity index (χ0) is 15.1. The van der Waals surface area contributed by atoms with Gasteiger partial charge in [-0.05, 0) is 23.6 Å². The molecular formula is C16H22N2O2S. The smallest absolute Gasteiger partial charge is 0.0945 e. The second kappa shape index (κ2) is 8.02. The van der Waals surface area contributed by atoms with Crippen LogP contribution in [0, 0.1) is 0 Å². The van der Waals surface area contributed by atoms with E-state index in [1.54, 1.807) is 11.3 Å². The van der Waals surface area contributed by atoms with Gasteiger partial charge in [0.15, 0.2) is 0 Å². The molecule has 0 spiro atoms. The van der Waals surface area contributed by atoms with Crippen molar-refractivity contribution in [3.63, 3.8) is 0 Å². The number of para-hydroxylation sites is 2. The predicted molar refractivity (Wildman–Crippen MR) is 89.2 cm³/mol. The number of nitrogens with one attached hydrogen (secondary N) is 1. The molecule has 1 atom stereocenters. The van der Waals surface area contributed by atoms with Crippen LogP contribution in [0.3, 0.4) is 0 Å². The van der Waals surface area contributed by atoms with Gasteiger partial charge in [0.2, 0.25) is 0 Å². The van der Waals surface area contributed by atoms with Gasteiger partial charge in [0.1, 0.15) is 0 Å². The van der Waals surface area contributed by atoms with E-state index in [1.807, 2.05) is 60.8 Å². The molecule has 1 aromatic heterocycles. The molecule has 0 bridgehead atoms. The lowest BCUT2D eigenvalue weighted by molar-refractivity contribution is 0.0359. The molecule has 2 N–H and O–H groups in total. The van der Waals surface area contributed by atoms with Crippen molar-refractivity contribution in [2.75, 3.05) is 37.5 Å². The molecule has 1 heterocycles. The van der Waals surface area contributed by atoms with Gasteiger partial charge in [-0.2, -0.15) is 0 Å². The number of anilines is 2. The Morgan fingerprint density at radius 2 is 2.05 bits per heavy atom. The van der Waals surface area contributed by atoms with Crippen LogP contribution < -0.4 is 10.2 Å². The van der Waals surface area contributed by atoms with E-state index in [0.29, 0.717) is 19.8 Å². The number of nitrogens with zero attached hydrogens (tertiary/aromatic N) is 1. The Morgan fingerprint density at radius 3 is 2.76 bits per heavy atom. The van der Waals surface area contributed by atoms with Gasteiger partial charge in [0, 0.05) is 25.5 Å². The van der Waals surface area contributed by atoms with Gasteiger partial charge >= 0.3 is 0 Å². The topological polar surface area (TPSA) is 44.7 Å². The Morgan fingerprint density at radius 1 is 1.24 bits per heavy atom. The van der Waals surface area contributed by atoms with Crippen LogP contribution in [0.4, 0.5) is 11.4 Å². The minimum absolute atomic E-state index is 0.328. The summed E-state index contributed by atoms with van der Waals surface area (Å²) in [5.74, 6) is 0. The van der Waals surface area contributed by atoms with Crippen molar-refractivity contribution in [3.05, 3.63) is 46.7 Å². The van der Waals surface area contributed by atoms with E-state index in [-0.39, 0.29) is 0 Å². The first-order valence-corrected chi connectivity index (χ1v) is 7.83. The summed E-state index contributed by atoms with van der Waals surface area (Å²) in [5, 5.41) is 15.3. The third-order valence-electron chi connectivity index (χ3n) is 3.05. The maximum atomic E-state index is 9.97. The molecule has 1 aromatic carbocycles. The van der Waals surface area contributed by atoms with Gasteiger partial charge in [-0.15, -0.1) is 11.3 Å². The van der Waals surface area contributed by atoms with Crippen LogP contribution in [0.15, 0.2) is 41.8 Å². The van der Waals surface area contributed by atoms with E-state index in [4.69, 9.17) is 4.74 Å². The lowest BCUT2D eigenvalue weighted by Gasteiger charge is -2.19. The minimum atomic E-state index is -0.528. The minimum Gasteiger partial charge on any atom is -0.389 e. The van der Waals surface area contributed by atoms with Crippen molar-refractivity contribution in [2.24, 2.45) is 0 Å². The molecule has 0 aliphatic heterocycles. The molecule has 4 nitrogen and oxygen atoms in total. The molecule has 0 aliphatic carbocycles. The first-order chi connectivity index (χ1) is 10.2. The molecule has 114 valence electrons. The standard InChI is InChI=1S/C16H22N2O2S/c1-18(2)16-8-4-3-7-15(16)17-10-13(19)11-20-12-14-6-5-9-21-14/h3-9,13,17,19H,10-12H2,1-2H3. The zero-order valence-corrected chi connectivity index (χ0v) is 13.3. The van der Waals surface area contributed by atoms with E-state index in [2.05, 4.69) is 5.32 Å². The van der Waals surface area contributed by atoms with Crippen LogP contribution in [0.5, 0.6) is 0 Å². The maximum Gasteiger partial charge on any atom is 0.0945 e. The molecular weight excluding hydrogens is 284 g/mol. The molecule has 21 heavy (non-hydrogen) atoms. The average molecular weight is 306 g/mol. The normalized spacial score (nSPS) is 12.1. The largest absolute Gasteiger partial charge is 0.389 e. The number of hydrogen-bond acceptors (Lipinski definition) is 5. The highest BCUT2D eigenvalue weighted by molar-refractivity contribution is 7.09. The lowest BCUT2D eigenvalue weighted by atomic mass is 10.2. The number of thiophene rings is 1. The molecule has 0 aliphatic rings. The maximum absolute atomic E-state index is 9.97. The molecule has 2 rings (SSSR count). The molecule has 0 saturated carbocycles. The van der Waals surface area contributed by atoms with Crippen molar-refractivity contribution in [1.29, 1.82) is 0 Å². The number of benzene rings is 1. The fraction of sp³-hybridized carbons (Fsp3) is 0.375. The molecule has 5 heteroatoms. The summed E-state index contributed by atoms with van der Waals surface area (Å²) in [6, 6.07) is 12.1. The summed E-state index contributed by atoms with van der Waals surface area (Å²) in [7, 11) is 4.00. The van der Waals surface area contributed by atoms with Crippen molar-refractivity contribution in [2.45, 2.75) is 12.7 Å².